The Kier molecular flexibility index (Phi) is 4.74. The van der Waals surface area contributed by atoms with Gasteiger partial charge in [-0.1, -0.05) is 0 Å². The van der Waals surface area contributed by atoms with Crippen molar-refractivity contribution in [1.29, 1.82) is 0 Å². The lowest BCUT2D eigenvalue weighted by Gasteiger charge is -2.08. The lowest BCUT2D eigenvalue weighted by molar-refractivity contribution is 0.0991. The number of aryl methyl sites for hydroxylation is 1. The molecule has 3 rings (SSSR count). The first kappa shape index (κ1) is 16.6. The van der Waals surface area contributed by atoms with E-state index in [0.29, 0.717) is 17.0 Å². The first-order valence-corrected chi connectivity index (χ1v) is 7.39. The van der Waals surface area contributed by atoms with Gasteiger partial charge in [0.1, 0.15) is 23.7 Å². The summed E-state index contributed by atoms with van der Waals surface area (Å²) in [6.07, 6.45) is 5.17. The van der Waals surface area contributed by atoms with Crippen molar-refractivity contribution in [2.75, 3.05) is 0 Å². The van der Waals surface area contributed by atoms with Crippen LogP contribution in [-0.4, -0.2) is 20.7 Å². The molecular formula is C18H13F2N3O2. The number of rotatable bonds is 5. The summed E-state index contributed by atoms with van der Waals surface area (Å²) in [6, 6.07) is 5.19. The van der Waals surface area contributed by atoms with E-state index < -0.39 is 11.6 Å². The Morgan fingerprint density at radius 1 is 1.04 bits per heavy atom. The summed E-state index contributed by atoms with van der Waals surface area (Å²) in [6.45, 7) is 1.58. The SMILES string of the molecule is Cc1cc(CC(=O)c2cc(F)cc(Oc3cncnc3)c2)ncc1F. The number of hydrogen-bond donors (Lipinski definition) is 0. The van der Waals surface area contributed by atoms with Gasteiger partial charge in [-0.2, -0.15) is 0 Å². The van der Waals surface area contributed by atoms with Crippen LogP contribution in [0.2, 0.25) is 0 Å². The second kappa shape index (κ2) is 7.12. The topological polar surface area (TPSA) is 65.0 Å². The normalized spacial score (nSPS) is 10.5. The van der Waals surface area contributed by atoms with Crippen LogP contribution in [-0.2, 0) is 6.42 Å². The number of benzene rings is 1. The second-order valence-corrected chi connectivity index (χ2v) is 5.38. The minimum Gasteiger partial charge on any atom is -0.454 e. The number of aromatic nitrogens is 3. The van der Waals surface area contributed by atoms with Gasteiger partial charge in [-0.05, 0) is 30.7 Å². The highest BCUT2D eigenvalue weighted by atomic mass is 19.1. The molecule has 0 unspecified atom stereocenters. The van der Waals surface area contributed by atoms with E-state index in [9.17, 15) is 13.6 Å². The predicted octanol–water partition coefficient (Wildman–Crippen LogP) is 3.68. The fourth-order valence-electron chi connectivity index (χ4n) is 2.22. The molecule has 0 saturated carbocycles. The average molecular weight is 341 g/mol. The van der Waals surface area contributed by atoms with E-state index in [4.69, 9.17) is 4.74 Å². The van der Waals surface area contributed by atoms with Gasteiger partial charge in [0.15, 0.2) is 11.5 Å². The van der Waals surface area contributed by atoms with E-state index in [0.717, 1.165) is 18.3 Å². The molecule has 0 amide bonds. The number of carbonyl (C=O) groups excluding carboxylic acids is 1. The zero-order chi connectivity index (χ0) is 17.8. The Balaban J connectivity index is 1.81. The van der Waals surface area contributed by atoms with Crippen molar-refractivity contribution in [2.24, 2.45) is 0 Å². The molecule has 0 aliphatic rings. The van der Waals surface area contributed by atoms with Crippen LogP contribution in [0.15, 0.2) is 49.2 Å². The average Bonchev–Trinajstić information content (AvgIpc) is 2.58. The van der Waals surface area contributed by atoms with Crippen molar-refractivity contribution >= 4 is 5.78 Å². The molecule has 126 valence electrons. The maximum Gasteiger partial charge on any atom is 0.169 e. The van der Waals surface area contributed by atoms with Crippen LogP contribution in [0.4, 0.5) is 8.78 Å². The number of carbonyl (C=O) groups is 1. The molecule has 0 bridgehead atoms. The van der Waals surface area contributed by atoms with Gasteiger partial charge in [-0.15, -0.1) is 0 Å². The van der Waals surface area contributed by atoms with Crippen LogP contribution in [0.25, 0.3) is 0 Å². The van der Waals surface area contributed by atoms with E-state index in [1.807, 2.05) is 0 Å². The maximum atomic E-state index is 13.8. The van der Waals surface area contributed by atoms with Crippen molar-refractivity contribution in [3.05, 3.63) is 77.6 Å². The molecule has 2 aromatic heterocycles. The van der Waals surface area contributed by atoms with Gasteiger partial charge in [-0.25, -0.2) is 18.7 Å². The first-order valence-electron chi connectivity index (χ1n) is 7.39. The zero-order valence-electron chi connectivity index (χ0n) is 13.2. The van der Waals surface area contributed by atoms with Gasteiger partial charge < -0.3 is 4.74 Å². The van der Waals surface area contributed by atoms with Crippen LogP contribution in [0.5, 0.6) is 11.5 Å². The van der Waals surface area contributed by atoms with Crippen LogP contribution in [0, 0.1) is 18.6 Å². The Morgan fingerprint density at radius 3 is 2.52 bits per heavy atom. The Hall–Kier alpha value is -3.22. The zero-order valence-corrected chi connectivity index (χ0v) is 13.2. The molecular weight excluding hydrogens is 328 g/mol. The molecule has 0 spiro atoms. The third-order valence-electron chi connectivity index (χ3n) is 3.41. The van der Waals surface area contributed by atoms with Crippen molar-refractivity contribution in [2.45, 2.75) is 13.3 Å². The lowest BCUT2D eigenvalue weighted by Crippen LogP contribution is -2.06. The van der Waals surface area contributed by atoms with E-state index in [1.54, 1.807) is 6.92 Å². The molecule has 25 heavy (non-hydrogen) atoms. The minimum atomic E-state index is -0.610. The number of halogens is 2. The number of nitrogens with zero attached hydrogens (tertiary/aromatic N) is 3. The molecule has 5 nitrogen and oxygen atoms in total. The van der Waals surface area contributed by atoms with Crippen molar-refractivity contribution in [3.8, 4) is 11.5 Å². The highest BCUT2D eigenvalue weighted by molar-refractivity contribution is 5.97. The molecule has 0 fully saturated rings. The Bertz CT molecular complexity index is 917. The van der Waals surface area contributed by atoms with Gasteiger partial charge in [0.05, 0.1) is 25.0 Å². The third-order valence-corrected chi connectivity index (χ3v) is 3.41. The summed E-state index contributed by atoms with van der Waals surface area (Å²) < 4.78 is 32.5. The summed E-state index contributed by atoms with van der Waals surface area (Å²) in [5, 5.41) is 0. The summed E-state index contributed by atoms with van der Waals surface area (Å²) in [7, 11) is 0. The summed E-state index contributed by atoms with van der Waals surface area (Å²) in [5.74, 6) is -0.931. The molecule has 0 atom stereocenters. The monoisotopic (exact) mass is 341 g/mol. The van der Waals surface area contributed by atoms with Crippen molar-refractivity contribution in [3.63, 3.8) is 0 Å². The Morgan fingerprint density at radius 2 is 1.80 bits per heavy atom. The number of pyridine rings is 1. The number of ether oxygens (including phenoxy) is 1. The predicted molar refractivity (Wildman–Crippen MR) is 85.5 cm³/mol. The van der Waals surface area contributed by atoms with Crippen LogP contribution in [0.1, 0.15) is 21.6 Å². The molecule has 0 N–H and O–H groups in total. The number of hydrogen-bond acceptors (Lipinski definition) is 5. The smallest absolute Gasteiger partial charge is 0.169 e. The molecule has 0 saturated heterocycles. The van der Waals surface area contributed by atoms with Gasteiger partial charge in [0, 0.05) is 17.3 Å². The maximum absolute atomic E-state index is 13.8. The summed E-state index contributed by atoms with van der Waals surface area (Å²) in [5.41, 5.74) is 0.938. The largest absolute Gasteiger partial charge is 0.454 e. The third kappa shape index (κ3) is 4.20. The minimum absolute atomic E-state index is 0.0710. The van der Waals surface area contributed by atoms with Crippen LogP contribution < -0.4 is 4.74 Å². The molecule has 7 heteroatoms. The van der Waals surface area contributed by atoms with Gasteiger partial charge in [0.2, 0.25) is 0 Å². The molecule has 2 heterocycles. The molecule has 0 radical (unpaired) electrons. The lowest BCUT2D eigenvalue weighted by atomic mass is 10.0. The second-order valence-electron chi connectivity index (χ2n) is 5.38. The molecule has 1 aromatic carbocycles. The Labute approximate surface area is 142 Å². The van der Waals surface area contributed by atoms with E-state index in [2.05, 4.69) is 15.0 Å². The van der Waals surface area contributed by atoms with E-state index in [-0.39, 0.29) is 23.5 Å². The van der Waals surface area contributed by atoms with Crippen molar-refractivity contribution < 1.29 is 18.3 Å². The van der Waals surface area contributed by atoms with Crippen molar-refractivity contribution in [1.82, 2.24) is 15.0 Å². The van der Waals surface area contributed by atoms with E-state index in [1.165, 1.54) is 30.9 Å². The molecule has 0 aliphatic carbocycles. The fraction of sp³-hybridized carbons (Fsp3) is 0.111. The fourth-order valence-corrected chi connectivity index (χ4v) is 2.22. The number of ketones is 1. The van der Waals surface area contributed by atoms with E-state index >= 15 is 0 Å². The van der Waals surface area contributed by atoms with Crippen LogP contribution in [0.3, 0.4) is 0 Å². The van der Waals surface area contributed by atoms with Gasteiger partial charge in [0.25, 0.3) is 0 Å². The number of Topliss-reactive ketones (excluding diaryl/α,β-unsaturated/α-hetero) is 1. The highest BCUT2D eigenvalue weighted by Crippen LogP contribution is 2.23. The quantitative estimate of drug-likeness (QED) is 0.663. The van der Waals surface area contributed by atoms with Crippen LogP contribution >= 0.6 is 0 Å². The summed E-state index contributed by atoms with van der Waals surface area (Å²) in [4.78, 5) is 23.9. The van der Waals surface area contributed by atoms with Gasteiger partial charge in [-0.3, -0.25) is 9.78 Å². The summed E-state index contributed by atoms with van der Waals surface area (Å²) >= 11 is 0. The highest BCUT2D eigenvalue weighted by Gasteiger charge is 2.13. The molecule has 3 aromatic rings. The standard InChI is InChI=1S/C18H13F2N3O2/c1-11-2-14(23-9-17(11)20)6-18(24)12-3-13(19)5-15(4-12)25-16-7-21-10-22-8-16/h2-5,7-10H,6H2,1H3. The van der Waals surface area contributed by atoms with Gasteiger partial charge >= 0.3 is 0 Å². The first-order chi connectivity index (χ1) is 12.0. The molecule has 0 aliphatic heterocycles.